The zero-order valence-corrected chi connectivity index (χ0v) is 16.0. The normalized spacial score (nSPS) is 12.9. The molecule has 0 aliphatic rings. The largest absolute Gasteiger partial charge is 0.405 e. The first-order chi connectivity index (χ1) is 13.0. The third-order valence-corrected chi connectivity index (χ3v) is 5.11. The number of alkyl halides is 3. The van der Waals surface area contributed by atoms with Gasteiger partial charge >= 0.3 is 6.18 Å². The molecule has 2 aromatic rings. The van der Waals surface area contributed by atoms with Crippen molar-refractivity contribution >= 4 is 27.3 Å². The lowest BCUT2D eigenvalue weighted by Crippen LogP contribution is -2.42. The number of benzene rings is 2. The van der Waals surface area contributed by atoms with Gasteiger partial charge in [-0.1, -0.05) is 17.7 Å². The summed E-state index contributed by atoms with van der Waals surface area (Å²) in [5.74, 6) is -0.804. The van der Waals surface area contributed by atoms with Crippen LogP contribution in [0.1, 0.15) is 12.5 Å². The number of carbonyl (C=O) groups excluding carboxylic acids is 1. The van der Waals surface area contributed by atoms with E-state index in [0.717, 1.165) is 5.56 Å². The van der Waals surface area contributed by atoms with Crippen molar-refractivity contribution in [3.8, 4) is 0 Å². The van der Waals surface area contributed by atoms with Crippen molar-refractivity contribution in [3.05, 3.63) is 54.1 Å². The molecule has 2 rings (SSSR count). The van der Waals surface area contributed by atoms with Crippen molar-refractivity contribution in [2.45, 2.75) is 31.0 Å². The molecule has 0 bridgehead atoms. The van der Waals surface area contributed by atoms with E-state index in [1.807, 2.05) is 6.92 Å². The molecule has 1 unspecified atom stereocenters. The lowest BCUT2D eigenvalue weighted by atomic mass is 10.2. The summed E-state index contributed by atoms with van der Waals surface area (Å²) in [5, 5.41) is 4.54. The Morgan fingerprint density at radius 1 is 1.00 bits per heavy atom. The zero-order chi connectivity index (χ0) is 20.9. The summed E-state index contributed by atoms with van der Waals surface area (Å²) in [4.78, 5) is 11.8. The van der Waals surface area contributed by atoms with Gasteiger partial charge in [-0.15, -0.1) is 0 Å². The van der Waals surface area contributed by atoms with Gasteiger partial charge in [0.15, 0.2) is 0 Å². The molecule has 10 heteroatoms. The van der Waals surface area contributed by atoms with Crippen molar-refractivity contribution in [2.24, 2.45) is 0 Å². The number of hydrogen-bond acceptors (Lipinski definition) is 4. The third-order valence-electron chi connectivity index (χ3n) is 3.71. The van der Waals surface area contributed by atoms with Crippen molar-refractivity contribution in [1.29, 1.82) is 0 Å². The minimum atomic E-state index is -4.48. The van der Waals surface area contributed by atoms with Crippen LogP contribution in [0.25, 0.3) is 0 Å². The standard InChI is InChI=1S/C18H20F3N3O3S/c1-12-3-9-16(10-4-12)28(26,27)24-15-7-5-14(6-8-15)23-13(2)17(25)22-11-18(19,20)21/h3-10,13,23-24H,11H2,1-2H3,(H,22,25). The Morgan fingerprint density at radius 3 is 2.07 bits per heavy atom. The van der Waals surface area contributed by atoms with Crippen LogP contribution in [0.15, 0.2) is 53.4 Å². The van der Waals surface area contributed by atoms with Crippen LogP contribution in [-0.2, 0) is 14.8 Å². The number of sulfonamides is 1. The molecule has 6 nitrogen and oxygen atoms in total. The number of hydrogen-bond donors (Lipinski definition) is 3. The monoisotopic (exact) mass is 415 g/mol. The fourth-order valence-electron chi connectivity index (χ4n) is 2.22. The van der Waals surface area contributed by atoms with Gasteiger partial charge in [0.2, 0.25) is 5.91 Å². The highest BCUT2D eigenvalue weighted by atomic mass is 32.2. The molecule has 0 radical (unpaired) electrons. The van der Waals surface area contributed by atoms with Gasteiger partial charge in [0.05, 0.1) is 4.90 Å². The Kier molecular flexibility index (Phi) is 6.55. The average molecular weight is 415 g/mol. The van der Waals surface area contributed by atoms with E-state index in [4.69, 9.17) is 0 Å². The summed E-state index contributed by atoms with van der Waals surface area (Å²) in [7, 11) is -3.74. The summed E-state index contributed by atoms with van der Waals surface area (Å²) >= 11 is 0. The van der Waals surface area contributed by atoms with Crippen LogP contribution in [-0.4, -0.2) is 33.1 Å². The van der Waals surface area contributed by atoms with Crippen LogP contribution in [0.5, 0.6) is 0 Å². The third kappa shape index (κ3) is 6.45. The van der Waals surface area contributed by atoms with Crippen LogP contribution in [0.3, 0.4) is 0 Å². The second-order valence-electron chi connectivity index (χ2n) is 6.19. The molecular formula is C18H20F3N3O3S. The number of anilines is 2. The summed E-state index contributed by atoms with van der Waals surface area (Å²) in [5.41, 5.74) is 1.69. The molecule has 0 aliphatic carbocycles. The van der Waals surface area contributed by atoms with Crippen LogP contribution in [0, 0.1) is 6.92 Å². The molecular weight excluding hydrogens is 395 g/mol. The maximum Gasteiger partial charge on any atom is 0.405 e. The van der Waals surface area contributed by atoms with Gasteiger partial charge in [-0.2, -0.15) is 13.2 Å². The fourth-order valence-corrected chi connectivity index (χ4v) is 3.28. The zero-order valence-electron chi connectivity index (χ0n) is 15.2. The van der Waals surface area contributed by atoms with Gasteiger partial charge in [-0.05, 0) is 50.2 Å². The summed E-state index contributed by atoms with van der Waals surface area (Å²) in [6.07, 6.45) is -4.48. The maximum atomic E-state index is 12.3. The molecule has 0 spiro atoms. The first-order valence-corrected chi connectivity index (χ1v) is 9.75. The van der Waals surface area contributed by atoms with E-state index in [2.05, 4.69) is 10.0 Å². The molecule has 0 aliphatic heterocycles. The van der Waals surface area contributed by atoms with Crippen molar-refractivity contribution in [1.82, 2.24) is 5.32 Å². The Hall–Kier alpha value is -2.75. The lowest BCUT2D eigenvalue weighted by Gasteiger charge is -2.16. The van der Waals surface area contributed by atoms with Crippen LogP contribution < -0.4 is 15.4 Å². The smallest absolute Gasteiger partial charge is 0.374 e. The van der Waals surface area contributed by atoms with E-state index in [9.17, 15) is 26.4 Å². The van der Waals surface area contributed by atoms with Gasteiger partial charge in [0, 0.05) is 11.4 Å². The summed E-state index contributed by atoms with van der Waals surface area (Å²) < 4.78 is 63.5. The molecule has 0 saturated carbocycles. The number of nitrogens with one attached hydrogen (secondary N) is 3. The molecule has 2 aromatic carbocycles. The number of rotatable bonds is 7. The molecule has 3 N–H and O–H groups in total. The van der Waals surface area contributed by atoms with Crippen LogP contribution >= 0.6 is 0 Å². The molecule has 28 heavy (non-hydrogen) atoms. The number of amides is 1. The molecule has 0 saturated heterocycles. The van der Waals surface area contributed by atoms with E-state index in [-0.39, 0.29) is 4.90 Å². The van der Waals surface area contributed by atoms with E-state index < -0.39 is 34.7 Å². The molecule has 0 fully saturated rings. The topological polar surface area (TPSA) is 87.3 Å². The SMILES string of the molecule is Cc1ccc(S(=O)(=O)Nc2ccc(NC(C)C(=O)NCC(F)(F)F)cc2)cc1. The minimum Gasteiger partial charge on any atom is -0.374 e. The number of aryl methyl sites for hydroxylation is 1. The Morgan fingerprint density at radius 2 is 1.54 bits per heavy atom. The highest BCUT2D eigenvalue weighted by molar-refractivity contribution is 7.92. The van der Waals surface area contributed by atoms with Crippen molar-refractivity contribution in [3.63, 3.8) is 0 Å². The molecule has 152 valence electrons. The Labute approximate surface area is 161 Å². The summed E-state index contributed by atoms with van der Waals surface area (Å²) in [6.45, 7) is 1.86. The molecule has 0 heterocycles. The average Bonchev–Trinajstić information content (AvgIpc) is 2.60. The number of halogens is 3. The first kappa shape index (κ1) is 21.5. The first-order valence-electron chi connectivity index (χ1n) is 8.27. The van der Waals surface area contributed by atoms with Gasteiger partial charge in [-0.3, -0.25) is 9.52 Å². The Balaban J connectivity index is 1.97. The second kappa shape index (κ2) is 8.51. The summed E-state index contributed by atoms with van der Waals surface area (Å²) in [6, 6.07) is 11.4. The van der Waals surface area contributed by atoms with E-state index in [1.54, 1.807) is 17.4 Å². The Bertz CT molecular complexity index is 912. The van der Waals surface area contributed by atoms with Crippen LogP contribution in [0.4, 0.5) is 24.5 Å². The highest BCUT2D eigenvalue weighted by Crippen LogP contribution is 2.19. The van der Waals surface area contributed by atoms with Gasteiger partial charge < -0.3 is 10.6 Å². The fraction of sp³-hybridized carbons (Fsp3) is 0.278. The maximum absolute atomic E-state index is 12.3. The van der Waals surface area contributed by atoms with E-state index >= 15 is 0 Å². The van der Waals surface area contributed by atoms with E-state index in [0.29, 0.717) is 11.4 Å². The predicted octanol–water partition coefficient (Wildman–Crippen LogP) is 3.27. The van der Waals surface area contributed by atoms with Crippen molar-refractivity contribution in [2.75, 3.05) is 16.6 Å². The molecule has 0 aromatic heterocycles. The van der Waals surface area contributed by atoms with Gasteiger partial charge in [0.1, 0.15) is 12.6 Å². The van der Waals surface area contributed by atoms with E-state index in [1.165, 1.54) is 43.3 Å². The van der Waals surface area contributed by atoms with Gasteiger partial charge in [-0.25, -0.2) is 8.42 Å². The van der Waals surface area contributed by atoms with Crippen molar-refractivity contribution < 1.29 is 26.4 Å². The highest BCUT2D eigenvalue weighted by Gasteiger charge is 2.28. The second-order valence-corrected chi connectivity index (χ2v) is 7.88. The number of carbonyl (C=O) groups is 1. The van der Waals surface area contributed by atoms with Gasteiger partial charge in [0.25, 0.3) is 10.0 Å². The lowest BCUT2D eigenvalue weighted by molar-refractivity contribution is -0.138. The molecule has 1 amide bonds. The predicted molar refractivity (Wildman–Crippen MR) is 101 cm³/mol. The minimum absolute atomic E-state index is 0.121. The molecule has 1 atom stereocenters. The quantitative estimate of drug-likeness (QED) is 0.648. The van der Waals surface area contributed by atoms with Crippen LogP contribution in [0.2, 0.25) is 0 Å².